The van der Waals surface area contributed by atoms with Gasteiger partial charge in [-0.3, -0.25) is 0 Å². The lowest BCUT2D eigenvalue weighted by molar-refractivity contribution is 0.324. The van der Waals surface area contributed by atoms with Crippen LogP contribution >= 0.6 is 11.3 Å². The molecule has 0 atom stereocenters. The quantitative estimate of drug-likeness (QED) is 0.341. The van der Waals surface area contributed by atoms with Crippen LogP contribution < -0.4 is 23.7 Å². The average molecular weight is 437 g/mol. The van der Waals surface area contributed by atoms with Crippen LogP contribution in [0.3, 0.4) is 0 Å². The third-order valence-electron chi connectivity index (χ3n) is 5.20. The summed E-state index contributed by atoms with van der Waals surface area (Å²) in [6.07, 6.45) is 0. The fraction of sp³-hybridized carbons (Fsp3) is 0.200. The lowest BCUT2D eigenvalue weighted by Gasteiger charge is -2.15. The predicted octanol–water partition coefficient (Wildman–Crippen LogP) is 6.28. The van der Waals surface area contributed by atoms with E-state index < -0.39 is 0 Å². The van der Waals surface area contributed by atoms with Gasteiger partial charge in [-0.25, -0.2) is 0 Å². The molecule has 0 N–H and O–H groups in total. The van der Waals surface area contributed by atoms with Gasteiger partial charge in [0.1, 0.15) is 11.5 Å². The topological polar surface area (TPSA) is 46.2 Å². The Hall–Kier alpha value is -3.38. The smallest absolute Gasteiger partial charge is 0.203 e. The molecule has 0 amide bonds. The molecule has 1 heterocycles. The Bertz CT molecular complexity index is 1190. The summed E-state index contributed by atoms with van der Waals surface area (Å²) < 4.78 is 28.6. The first kappa shape index (κ1) is 20.9. The molecule has 0 radical (unpaired) electrons. The SMILES string of the molecule is COc1ccc(-c2sc3cc(OC)ccc3c2-c2cc(OC)c(OC)c(OC)c2)cc1. The fourth-order valence-corrected chi connectivity index (χ4v) is 4.92. The Morgan fingerprint density at radius 2 is 1.19 bits per heavy atom. The third-order valence-corrected chi connectivity index (χ3v) is 6.40. The van der Waals surface area contributed by atoms with Crippen LogP contribution in [-0.2, 0) is 0 Å². The van der Waals surface area contributed by atoms with Crippen molar-refractivity contribution in [1.29, 1.82) is 0 Å². The maximum absolute atomic E-state index is 5.60. The lowest BCUT2D eigenvalue weighted by Crippen LogP contribution is -1.96. The second-order valence-corrected chi connectivity index (χ2v) is 7.86. The first-order valence-corrected chi connectivity index (χ1v) is 10.5. The zero-order valence-electron chi connectivity index (χ0n) is 18.1. The molecule has 0 saturated carbocycles. The molecule has 0 fully saturated rings. The first-order valence-electron chi connectivity index (χ1n) is 9.68. The lowest BCUT2D eigenvalue weighted by atomic mass is 9.98. The second kappa shape index (κ2) is 8.78. The Kier molecular flexibility index (Phi) is 5.91. The molecular formula is C25H24O5S. The molecule has 1 aromatic heterocycles. The molecule has 0 aliphatic rings. The second-order valence-electron chi connectivity index (χ2n) is 6.81. The number of methoxy groups -OCH3 is 5. The van der Waals surface area contributed by atoms with E-state index in [0.717, 1.165) is 43.2 Å². The standard InChI is InChI=1S/C25H24O5S/c1-26-17-8-6-15(7-9-17)25-23(19-11-10-18(27-2)14-22(19)31-25)16-12-20(28-3)24(30-5)21(13-16)29-4/h6-14H,1-5H3. The summed E-state index contributed by atoms with van der Waals surface area (Å²) in [5.74, 6) is 3.45. The van der Waals surface area contributed by atoms with Crippen LogP contribution in [0.5, 0.6) is 28.7 Å². The maximum Gasteiger partial charge on any atom is 0.203 e. The van der Waals surface area contributed by atoms with Crippen LogP contribution in [0.15, 0.2) is 54.6 Å². The van der Waals surface area contributed by atoms with E-state index in [9.17, 15) is 0 Å². The van der Waals surface area contributed by atoms with Crippen LogP contribution in [0, 0.1) is 0 Å². The number of rotatable bonds is 7. The minimum absolute atomic E-state index is 0.570. The molecular weight excluding hydrogens is 412 g/mol. The van der Waals surface area contributed by atoms with E-state index in [1.807, 2.05) is 30.3 Å². The van der Waals surface area contributed by atoms with Gasteiger partial charge in [-0.2, -0.15) is 0 Å². The van der Waals surface area contributed by atoms with Gasteiger partial charge in [0.25, 0.3) is 0 Å². The number of ether oxygens (including phenoxy) is 5. The summed E-state index contributed by atoms with van der Waals surface area (Å²) in [6, 6.07) is 18.2. The van der Waals surface area contributed by atoms with E-state index in [0.29, 0.717) is 17.2 Å². The number of hydrogen-bond donors (Lipinski definition) is 0. The minimum atomic E-state index is 0.570. The zero-order valence-corrected chi connectivity index (χ0v) is 19.0. The van der Waals surface area contributed by atoms with E-state index in [1.165, 1.54) is 0 Å². The van der Waals surface area contributed by atoms with Crippen molar-refractivity contribution >= 4 is 21.4 Å². The molecule has 5 nitrogen and oxygen atoms in total. The Balaban J connectivity index is 2.01. The Labute approximate surface area is 185 Å². The van der Waals surface area contributed by atoms with E-state index in [2.05, 4.69) is 24.3 Å². The molecule has 31 heavy (non-hydrogen) atoms. The number of thiophene rings is 1. The van der Waals surface area contributed by atoms with E-state index in [-0.39, 0.29) is 0 Å². The van der Waals surface area contributed by atoms with E-state index >= 15 is 0 Å². The molecule has 3 aromatic carbocycles. The van der Waals surface area contributed by atoms with Crippen molar-refractivity contribution in [2.75, 3.05) is 35.5 Å². The normalized spacial score (nSPS) is 10.7. The van der Waals surface area contributed by atoms with Crippen LogP contribution in [0.2, 0.25) is 0 Å². The number of benzene rings is 3. The Morgan fingerprint density at radius 1 is 0.581 bits per heavy atom. The highest BCUT2D eigenvalue weighted by molar-refractivity contribution is 7.23. The van der Waals surface area contributed by atoms with Crippen molar-refractivity contribution < 1.29 is 23.7 Å². The number of fused-ring (bicyclic) bond motifs is 1. The molecule has 6 heteroatoms. The first-order chi connectivity index (χ1) is 15.1. The summed E-state index contributed by atoms with van der Waals surface area (Å²) in [5, 5.41) is 1.13. The van der Waals surface area contributed by atoms with Gasteiger partial charge in [-0.15, -0.1) is 11.3 Å². The highest BCUT2D eigenvalue weighted by atomic mass is 32.1. The van der Waals surface area contributed by atoms with Crippen molar-refractivity contribution in [3.63, 3.8) is 0 Å². The van der Waals surface area contributed by atoms with Gasteiger partial charge in [0.05, 0.1) is 35.5 Å². The predicted molar refractivity (Wildman–Crippen MR) is 125 cm³/mol. The molecule has 0 spiro atoms. The van der Waals surface area contributed by atoms with Crippen LogP contribution in [-0.4, -0.2) is 35.5 Å². The minimum Gasteiger partial charge on any atom is -0.497 e. The monoisotopic (exact) mass is 436 g/mol. The molecule has 0 aliphatic heterocycles. The van der Waals surface area contributed by atoms with Crippen molar-refractivity contribution in [1.82, 2.24) is 0 Å². The van der Waals surface area contributed by atoms with Crippen LogP contribution in [0.1, 0.15) is 0 Å². The fourth-order valence-electron chi connectivity index (χ4n) is 3.66. The van der Waals surface area contributed by atoms with Gasteiger partial charge in [-0.1, -0.05) is 0 Å². The highest BCUT2D eigenvalue weighted by Gasteiger charge is 2.21. The third kappa shape index (κ3) is 3.75. The summed E-state index contributed by atoms with van der Waals surface area (Å²) in [7, 11) is 8.21. The van der Waals surface area contributed by atoms with Crippen LogP contribution in [0.4, 0.5) is 0 Å². The van der Waals surface area contributed by atoms with Gasteiger partial charge in [0, 0.05) is 20.5 Å². The van der Waals surface area contributed by atoms with Gasteiger partial charge in [0.15, 0.2) is 11.5 Å². The van der Waals surface area contributed by atoms with Crippen molar-refractivity contribution in [3.8, 4) is 50.3 Å². The zero-order chi connectivity index (χ0) is 22.0. The molecule has 4 aromatic rings. The largest absolute Gasteiger partial charge is 0.497 e. The van der Waals surface area contributed by atoms with Crippen molar-refractivity contribution in [3.05, 3.63) is 54.6 Å². The number of hydrogen-bond acceptors (Lipinski definition) is 6. The molecule has 4 rings (SSSR count). The average Bonchev–Trinajstić information content (AvgIpc) is 3.21. The summed E-state index contributed by atoms with van der Waals surface area (Å²) in [5.41, 5.74) is 3.19. The van der Waals surface area contributed by atoms with E-state index in [1.54, 1.807) is 46.9 Å². The maximum atomic E-state index is 5.60. The molecule has 0 saturated heterocycles. The van der Waals surface area contributed by atoms with Gasteiger partial charge in [-0.05, 0) is 65.7 Å². The molecule has 160 valence electrons. The van der Waals surface area contributed by atoms with Crippen LogP contribution in [0.25, 0.3) is 31.7 Å². The van der Waals surface area contributed by atoms with Gasteiger partial charge >= 0.3 is 0 Å². The molecule has 0 bridgehead atoms. The molecule has 0 unspecified atom stereocenters. The van der Waals surface area contributed by atoms with Crippen molar-refractivity contribution in [2.24, 2.45) is 0 Å². The van der Waals surface area contributed by atoms with Crippen molar-refractivity contribution in [2.45, 2.75) is 0 Å². The van der Waals surface area contributed by atoms with E-state index in [4.69, 9.17) is 23.7 Å². The van der Waals surface area contributed by atoms with Gasteiger partial charge < -0.3 is 23.7 Å². The highest BCUT2D eigenvalue weighted by Crippen LogP contribution is 2.49. The molecule has 0 aliphatic carbocycles. The summed E-state index contributed by atoms with van der Waals surface area (Å²) >= 11 is 1.72. The summed E-state index contributed by atoms with van der Waals surface area (Å²) in [6.45, 7) is 0. The summed E-state index contributed by atoms with van der Waals surface area (Å²) in [4.78, 5) is 1.14. The van der Waals surface area contributed by atoms with Gasteiger partial charge in [0.2, 0.25) is 5.75 Å². The Morgan fingerprint density at radius 3 is 1.74 bits per heavy atom.